The summed E-state index contributed by atoms with van der Waals surface area (Å²) in [7, 11) is 0. The minimum atomic E-state index is -0.0414. The number of nitrogens with one attached hydrogen (secondary N) is 1. The molecule has 2 aromatic rings. The first-order chi connectivity index (χ1) is 13.0. The van der Waals surface area contributed by atoms with Crippen molar-refractivity contribution in [2.45, 2.75) is 39.5 Å². The summed E-state index contributed by atoms with van der Waals surface area (Å²) in [6, 6.07) is 8.28. The van der Waals surface area contributed by atoms with Crippen molar-refractivity contribution in [3.05, 3.63) is 34.7 Å². The highest BCUT2D eigenvalue weighted by Gasteiger charge is 2.36. The van der Waals surface area contributed by atoms with E-state index in [1.165, 1.54) is 16.9 Å². The first kappa shape index (κ1) is 18.2. The zero-order valence-electron chi connectivity index (χ0n) is 15.8. The van der Waals surface area contributed by atoms with Crippen LogP contribution in [0, 0.1) is 25.7 Å². The number of benzene rings is 1. The lowest BCUT2D eigenvalue weighted by atomic mass is 9.95. The standard InChI is InChI=1S/C21H25N3O2S/c1-13-3-5-15(6-4-13)18-14(2)27-21(22-18)23-19(25)16-9-11-24(12-10-16)20(26)17-7-8-17/h3-6,16-17H,7-12H2,1-2H3,(H,22,23,25). The number of aryl methyl sites for hydroxylation is 2. The van der Waals surface area contributed by atoms with Gasteiger partial charge in [-0.25, -0.2) is 4.98 Å². The highest BCUT2D eigenvalue weighted by Crippen LogP contribution is 2.33. The Labute approximate surface area is 163 Å². The molecule has 1 N–H and O–H groups in total. The summed E-state index contributed by atoms with van der Waals surface area (Å²) in [6.45, 7) is 5.48. The Kier molecular flexibility index (Phi) is 5.00. The molecular formula is C21H25N3O2S. The van der Waals surface area contributed by atoms with Gasteiger partial charge >= 0.3 is 0 Å². The maximum atomic E-state index is 12.6. The molecule has 1 saturated heterocycles. The Morgan fingerprint density at radius 2 is 1.70 bits per heavy atom. The van der Waals surface area contributed by atoms with E-state index < -0.39 is 0 Å². The molecule has 0 radical (unpaired) electrons. The van der Waals surface area contributed by atoms with Crippen LogP contribution in [0.2, 0.25) is 0 Å². The molecule has 0 unspecified atom stereocenters. The summed E-state index contributed by atoms with van der Waals surface area (Å²) in [4.78, 5) is 32.5. The zero-order chi connectivity index (χ0) is 19.0. The van der Waals surface area contributed by atoms with Crippen LogP contribution in [-0.2, 0) is 9.59 Å². The van der Waals surface area contributed by atoms with Gasteiger partial charge in [-0.3, -0.25) is 9.59 Å². The van der Waals surface area contributed by atoms with Crippen molar-refractivity contribution in [3.8, 4) is 11.3 Å². The lowest BCUT2D eigenvalue weighted by Gasteiger charge is -2.31. The predicted molar refractivity (Wildman–Crippen MR) is 108 cm³/mol. The third-order valence-corrected chi connectivity index (χ3v) is 6.34. The van der Waals surface area contributed by atoms with Crippen molar-refractivity contribution in [1.82, 2.24) is 9.88 Å². The quantitative estimate of drug-likeness (QED) is 0.867. The molecule has 2 aliphatic rings. The Morgan fingerprint density at radius 3 is 2.33 bits per heavy atom. The molecule has 1 aromatic heterocycles. The number of hydrogen-bond acceptors (Lipinski definition) is 4. The maximum Gasteiger partial charge on any atom is 0.229 e. The highest BCUT2D eigenvalue weighted by atomic mass is 32.1. The second kappa shape index (κ2) is 7.43. The van der Waals surface area contributed by atoms with E-state index in [-0.39, 0.29) is 23.7 Å². The smallest absolute Gasteiger partial charge is 0.229 e. The van der Waals surface area contributed by atoms with E-state index in [1.54, 1.807) is 0 Å². The van der Waals surface area contributed by atoms with Crippen molar-refractivity contribution in [1.29, 1.82) is 0 Å². The Hall–Kier alpha value is -2.21. The summed E-state index contributed by atoms with van der Waals surface area (Å²) in [5.74, 6) is 0.527. The molecule has 1 aliphatic heterocycles. The van der Waals surface area contributed by atoms with Crippen LogP contribution >= 0.6 is 11.3 Å². The van der Waals surface area contributed by atoms with Crippen LogP contribution < -0.4 is 5.32 Å². The van der Waals surface area contributed by atoms with E-state index in [4.69, 9.17) is 0 Å². The molecule has 1 aromatic carbocycles. The second-order valence-corrected chi connectivity index (χ2v) is 8.86. The lowest BCUT2D eigenvalue weighted by molar-refractivity contribution is -0.135. The van der Waals surface area contributed by atoms with Gasteiger partial charge in [-0.1, -0.05) is 29.8 Å². The number of anilines is 1. The van der Waals surface area contributed by atoms with Crippen molar-refractivity contribution in [2.75, 3.05) is 18.4 Å². The van der Waals surface area contributed by atoms with Crippen molar-refractivity contribution in [2.24, 2.45) is 11.8 Å². The van der Waals surface area contributed by atoms with Crippen LogP contribution in [0.25, 0.3) is 11.3 Å². The molecule has 4 rings (SSSR count). The van der Waals surface area contributed by atoms with Crippen LogP contribution in [0.1, 0.15) is 36.1 Å². The van der Waals surface area contributed by atoms with Crippen LogP contribution in [-0.4, -0.2) is 34.8 Å². The van der Waals surface area contributed by atoms with Crippen molar-refractivity contribution >= 4 is 28.3 Å². The molecule has 5 nitrogen and oxygen atoms in total. The number of carbonyl (C=O) groups excluding carboxylic acids is 2. The minimum absolute atomic E-state index is 0.0257. The molecule has 1 aliphatic carbocycles. The number of amides is 2. The normalized spacial score (nSPS) is 17.8. The largest absolute Gasteiger partial charge is 0.342 e. The summed E-state index contributed by atoms with van der Waals surface area (Å²) >= 11 is 1.52. The summed E-state index contributed by atoms with van der Waals surface area (Å²) in [5, 5.41) is 3.66. The van der Waals surface area contributed by atoms with E-state index in [2.05, 4.69) is 41.5 Å². The minimum Gasteiger partial charge on any atom is -0.342 e. The number of carbonyl (C=O) groups is 2. The summed E-state index contributed by atoms with van der Waals surface area (Å²) in [5.41, 5.74) is 3.22. The van der Waals surface area contributed by atoms with Gasteiger partial charge in [-0.15, -0.1) is 11.3 Å². The molecule has 0 spiro atoms. The number of rotatable bonds is 4. The molecule has 0 atom stereocenters. The van der Waals surface area contributed by atoms with Gasteiger partial charge in [-0.2, -0.15) is 0 Å². The molecule has 142 valence electrons. The molecule has 6 heteroatoms. The van der Waals surface area contributed by atoms with Crippen molar-refractivity contribution in [3.63, 3.8) is 0 Å². The monoisotopic (exact) mass is 383 g/mol. The third-order valence-electron chi connectivity index (χ3n) is 5.46. The average molecular weight is 384 g/mol. The van der Waals surface area contributed by atoms with Gasteiger partial charge in [0.15, 0.2) is 5.13 Å². The fourth-order valence-corrected chi connectivity index (χ4v) is 4.43. The van der Waals surface area contributed by atoms with E-state index in [9.17, 15) is 9.59 Å². The van der Waals surface area contributed by atoms with Crippen molar-refractivity contribution < 1.29 is 9.59 Å². The van der Waals surface area contributed by atoms with Gasteiger partial charge in [0.25, 0.3) is 0 Å². The molecule has 1 saturated carbocycles. The number of hydrogen-bond donors (Lipinski definition) is 1. The fourth-order valence-electron chi connectivity index (χ4n) is 3.59. The number of likely N-dealkylation sites (tertiary alicyclic amines) is 1. The Bertz CT molecular complexity index is 847. The first-order valence-corrected chi connectivity index (χ1v) is 10.5. The number of aromatic nitrogens is 1. The molecule has 27 heavy (non-hydrogen) atoms. The molecular weight excluding hydrogens is 358 g/mol. The van der Waals surface area contributed by atoms with Gasteiger partial charge in [-0.05, 0) is 39.5 Å². The lowest BCUT2D eigenvalue weighted by Crippen LogP contribution is -2.42. The zero-order valence-corrected chi connectivity index (χ0v) is 16.6. The predicted octanol–water partition coefficient (Wildman–Crippen LogP) is 4.01. The van der Waals surface area contributed by atoms with Gasteiger partial charge in [0.1, 0.15) is 0 Å². The highest BCUT2D eigenvalue weighted by molar-refractivity contribution is 7.16. The van der Waals surface area contributed by atoms with E-state index in [0.717, 1.165) is 41.8 Å². The van der Waals surface area contributed by atoms with Crippen LogP contribution in [0.5, 0.6) is 0 Å². The summed E-state index contributed by atoms with van der Waals surface area (Å²) < 4.78 is 0. The SMILES string of the molecule is Cc1ccc(-c2nc(NC(=O)C3CCN(C(=O)C4CC4)CC3)sc2C)cc1. The number of nitrogens with zero attached hydrogens (tertiary/aromatic N) is 2. The summed E-state index contributed by atoms with van der Waals surface area (Å²) in [6.07, 6.45) is 3.54. The third kappa shape index (κ3) is 4.05. The van der Waals surface area contributed by atoms with Crippen LogP contribution in [0.4, 0.5) is 5.13 Å². The topological polar surface area (TPSA) is 62.3 Å². The van der Waals surface area contributed by atoms with Gasteiger partial charge in [0, 0.05) is 35.4 Å². The molecule has 2 heterocycles. The van der Waals surface area contributed by atoms with Gasteiger partial charge in [0.2, 0.25) is 11.8 Å². The van der Waals surface area contributed by atoms with Gasteiger partial charge < -0.3 is 10.2 Å². The number of piperidine rings is 1. The molecule has 2 amide bonds. The maximum absolute atomic E-state index is 12.6. The van der Waals surface area contributed by atoms with E-state index >= 15 is 0 Å². The Morgan fingerprint density at radius 1 is 1.04 bits per heavy atom. The Balaban J connectivity index is 1.36. The second-order valence-electron chi connectivity index (χ2n) is 7.65. The first-order valence-electron chi connectivity index (χ1n) is 9.65. The number of thiazole rings is 1. The van der Waals surface area contributed by atoms with Crippen LogP contribution in [0.15, 0.2) is 24.3 Å². The van der Waals surface area contributed by atoms with Crippen LogP contribution in [0.3, 0.4) is 0 Å². The van der Waals surface area contributed by atoms with E-state index in [1.807, 2.05) is 11.8 Å². The van der Waals surface area contributed by atoms with Gasteiger partial charge in [0.05, 0.1) is 5.69 Å². The fraction of sp³-hybridized carbons (Fsp3) is 0.476. The molecule has 2 fully saturated rings. The van der Waals surface area contributed by atoms with E-state index in [0.29, 0.717) is 18.2 Å². The molecule has 0 bridgehead atoms. The average Bonchev–Trinajstić information content (AvgIpc) is 3.46.